The van der Waals surface area contributed by atoms with E-state index in [2.05, 4.69) is 12.0 Å². The summed E-state index contributed by atoms with van der Waals surface area (Å²) in [7, 11) is 0. The summed E-state index contributed by atoms with van der Waals surface area (Å²) >= 11 is 1.18. The van der Waals surface area contributed by atoms with Gasteiger partial charge < -0.3 is 0 Å². The highest BCUT2D eigenvalue weighted by molar-refractivity contribution is 8.57. The molecule has 4 nitrogen and oxygen atoms in total. The Morgan fingerprint density at radius 1 is 1.15 bits per heavy atom. The number of carbonyl (C=O) groups excluding carboxylic acids is 1. The van der Waals surface area contributed by atoms with E-state index in [-0.39, 0.29) is 11.2 Å². The van der Waals surface area contributed by atoms with Crippen LogP contribution in [0.25, 0.3) is 0 Å². The van der Waals surface area contributed by atoms with Crippen LogP contribution in [0.1, 0.15) is 78.6 Å². The van der Waals surface area contributed by atoms with Gasteiger partial charge in [-0.15, -0.1) is 0 Å². The van der Waals surface area contributed by atoms with Crippen molar-refractivity contribution in [2.75, 3.05) is 0 Å². The fraction of sp³-hybridized carbons (Fsp3) is 0.929. The van der Waals surface area contributed by atoms with E-state index in [9.17, 15) is 9.36 Å². The average Bonchev–Trinajstić information content (AvgIpc) is 2.36. The summed E-state index contributed by atoms with van der Waals surface area (Å²) in [5.41, 5.74) is 5.67. The Kier molecular flexibility index (Phi) is 11.7. The molecule has 0 aromatic carbocycles. The van der Waals surface area contributed by atoms with Crippen molar-refractivity contribution in [2.24, 2.45) is 5.50 Å². The molecule has 0 fully saturated rings. The Morgan fingerprint density at radius 3 is 2.25 bits per heavy atom. The number of carbonyl (C=O) groups is 1. The Morgan fingerprint density at radius 2 is 1.70 bits per heavy atom. The molecule has 0 heterocycles. The normalized spacial score (nSPS) is 15.6. The number of hydrogen-bond donors (Lipinski definition) is 2. The molecule has 0 aromatic heterocycles. The Bertz CT molecular complexity index is 314. The number of unbranched alkanes of at least 4 members (excludes halogenated alkanes) is 6. The third-order valence-corrected chi connectivity index (χ3v) is 7.06. The number of rotatable bonds is 12. The van der Waals surface area contributed by atoms with Crippen molar-refractivity contribution in [3.8, 4) is 0 Å². The first-order chi connectivity index (χ1) is 9.41. The fourth-order valence-corrected chi connectivity index (χ4v) is 5.55. The highest BCUT2D eigenvalue weighted by Crippen LogP contribution is 2.50. The molecule has 6 heteroatoms. The van der Waals surface area contributed by atoms with E-state index in [1.807, 2.05) is 13.8 Å². The number of hydrogen-bond acceptors (Lipinski definition) is 3. The molecule has 0 spiro atoms. The lowest BCUT2D eigenvalue weighted by molar-refractivity contribution is -0.119. The summed E-state index contributed by atoms with van der Waals surface area (Å²) in [5.74, 6) is -0.180. The van der Waals surface area contributed by atoms with E-state index >= 15 is 0 Å². The predicted octanol–water partition coefficient (Wildman–Crippen LogP) is 4.84. The molecule has 1 amide bonds. The summed E-state index contributed by atoms with van der Waals surface area (Å²) in [6.45, 7) is 3.10. The van der Waals surface area contributed by atoms with Gasteiger partial charge in [-0.2, -0.15) is 0 Å². The first-order valence-electron chi connectivity index (χ1n) is 7.79. The zero-order valence-corrected chi connectivity index (χ0v) is 14.9. The summed E-state index contributed by atoms with van der Waals surface area (Å²) in [5, 5.41) is 2.69. The molecule has 0 aromatic rings. The van der Waals surface area contributed by atoms with Crippen LogP contribution in [-0.2, 0) is 9.36 Å². The lowest BCUT2D eigenvalue weighted by Gasteiger charge is -2.17. The zero-order valence-electron chi connectivity index (χ0n) is 13.2. The first-order valence-corrected chi connectivity index (χ1v) is 11.1. The summed E-state index contributed by atoms with van der Waals surface area (Å²) in [4.78, 5) is 11.7. The standard InChI is InChI=1S/C14H31N2O2PS/c1-4-6-7-8-9-10-11-12-14(17)16-19(15,18)20-13(3)5-2/h13H,4-12H2,1-3H3,(H3,15,16,17,18). The first kappa shape index (κ1) is 20.0. The summed E-state index contributed by atoms with van der Waals surface area (Å²) in [6, 6.07) is 0. The second-order valence-electron chi connectivity index (χ2n) is 5.33. The molecule has 0 aliphatic heterocycles. The Balaban J connectivity index is 3.69. The van der Waals surface area contributed by atoms with Gasteiger partial charge in [0.25, 0.3) is 6.65 Å². The molecule has 0 radical (unpaired) electrons. The molecule has 0 rings (SSSR count). The molecule has 0 saturated carbocycles. The maximum absolute atomic E-state index is 12.0. The van der Waals surface area contributed by atoms with Crippen molar-refractivity contribution >= 4 is 23.9 Å². The molecule has 2 atom stereocenters. The van der Waals surface area contributed by atoms with Gasteiger partial charge in [-0.25, -0.2) is 0 Å². The van der Waals surface area contributed by atoms with Crippen LogP contribution in [0.3, 0.4) is 0 Å². The highest BCUT2D eigenvalue weighted by atomic mass is 32.7. The van der Waals surface area contributed by atoms with Gasteiger partial charge in [0.05, 0.1) is 0 Å². The van der Waals surface area contributed by atoms with Crippen molar-refractivity contribution in [1.82, 2.24) is 5.09 Å². The van der Waals surface area contributed by atoms with Crippen LogP contribution in [0.4, 0.5) is 0 Å². The summed E-state index contributed by atoms with van der Waals surface area (Å²) < 4.78 is 12.0. The zero-order chi connectivity index (χ0) is 15.4. The van der Waals surface area contributed by atoms with Crippen LogP contribution in [0.2, 0.25) is 0 Å². The number of nitrogens with two attached hydrogens (primary N) is 1. The van der Waals surface area contributed by atoms with E-state index in [1.54, 1.807) is 0 Å². The minimum absolute atomic E-state index is 0.180. The lowest BCUT2D eigenvalue weighted by atomic mass is 10.1. The third-order valence-electron chi connectivity index (χ3n) is 3.20. The maximum Gasteiger partial charge on any atom is 0.289 e. The molecule has 2 unspecified atom stereocenters. The van der Waals surface area contributed by atoms with Gasteiger partial charge in [0.1, 0.15) is 0 Å². The quantitative estimate of drug-likeness (QED) is 0.398. The topological polar surface area (TPSA) is 72.2 Å². The SMILES string of the molecule is CCCCCCCCCC(=O)NP(N)(=O)SC(C)CC. The number of nitrogens with one attached hydrogen (secondary N) is 1. The monoisotopic (exact) mass is 322 g/mol. The molecule has 3 N–H and O–H groups in total. The largest absolute Gasteiger partial charge is 0.289 e. The van der Waals surface area contributed by atoms with Crippen molar-refractivity contribution in [2.45, 2.75) is 83.8 Å². The second kappa shape index (κ2) is 11.6. The lowest BCUT2D eigenvalue weighted by Crippen LogP contribution is -2.23. The van der Waals surface area contributed by atoms with E-state index in [0.717, 1.165) is 19.3 Å². The van der Waals surface area contributed by atoms with Crippen molar-refractivity contribution in [3.05, 3.63) is 0 Å². The van der Waals surface area contributed by atoms with E-state index < -0.39 is 6.65 Å². The van der Waals surface area contributed by atoms with E-state index in [1.165, 1.54) is 43.5 Å². The van der Waals surface area contributed by atoms with Crippen LogP contribution < -0.4 is 10.6 Å². The van der Waals surface area contributed by atoms with Crippen molar-refractivity contribution < 1.29 is 9.36 Å². The molecule has 120 valence electrons. The van der Waals surface area contributed by atoms with Crippen LogP contribution in [0.15, 0.2) is 0 Å². The molecule has 0 aliphatic carbocycles. The minimum atomic E-state index is -3.07. The number of amides is 1. The van der Waals surface area contributed by atoms with Crippen LogP contribution >= 0.6 is 18.0 Å². The Hall–Kier alpha value is 0.01000. The minimum Gasteiger partial charge on any atom is -0.287 e. The third kappa shape index (κ3) is 11.8. The second-order valence-corrected chi connectivity index (χ2v) is 10.0. The Labute approximate surface area is 128 Å². The molecular formula is C14H31N2O2PS. The highest BCUT2D eigenvalue weighted by Gasteiger charge is 2.22. The molecule has 0 bridgehead atoms. The van der Waals surface area contributed by atoms with Gasteiger partial charge in [-0.1, -0.05) is 70.7 Å². The van der Waals surface area contributed by atoms with E-state index in [0.29, 0.717) is 6.42 Å². The predicted molar refractivity (Wildman–Crippen MR) is 89.9 cm³/mol. The van der Waals surface area contributed by atoms with Gasteiger partial charge in [-0.3, -0.25) is 20.0 Å². The summed E-state index contributed by atoms with van der Waals surface area (Å²) in [6.07, 6.45) is 9.48. The average molecular weight is 322 g/mol. The van der Waals surface area contributed by atoms with Crippen LogP contribution in [-0.4, -0.2) is 11.2 Å². The molecular weight excluding hydrogens is 291 g/mol. The van der Waals surface area contributed by atoms with Crippen LogP contribution in [0.5, 0.6) is 0 Å². The molecule has 20 heavy (non-hydrogen) atoms. The van der Waals surface area contributed by atoms with Gasteiger partial charge in [0, 0.05) is 11.7 Å². The van der Waals surface area contributed by atoms with Gasteiger partial charge in [0.2, 0.25) is 5.91 Å². The molecule has 0 aliphatic rings. The van der Waals surface area contributed by atoms with Crippen molar-refractivity contribution in [3.63, 3.8) is 0 Å². The smallest absolute Gasteiger partial charge is 0.287 e. The van der Waals surface area contributed by atoms with Crippen molar-refractivity contribution in [1.29, 1.82) is 0 Å². The van der Waals surface area contributed by atoms with E-state index in [4.69, 9.17) is 5.50 Å². The van der Waals surface area contributed by atoms with Gasteiger partial charge in [0.15, 0.2) is 0 Å². The van der Waals surface area contributed by atoms with Crippen LogP contribution in [0, 0.1) is 0 Å². The van der Waals surface area contributed by atoms with Gasteiger partial charge in [-0.05, 0) is 12.8 Å². The van der Waals surface area contributed by atoms with Gasteiger partial charge >= 0.3 is 0 Å². The molecule has 0 saturated heterocycles. The fourth-order valence-electron chi connectivity index (χ4n) is 1.84. The maximum atomic E-state index is 12.0.